The molecule has 0 radical (unpaired) electrons. The first-order chi connectivity index (χ1) is 15.0. The van der Waals surface area contributed by atoms with Crippen molar-refractivity contribution in [1.29, 1.82) is 0 Å². The lowest BCUT2D eigenvalue weighted by Crippen LogP contribution is -2.61. The summed E-state index contributed by atoms with van der Waals surface area (Å²) >= 11 is 6.02. The van der Waals surface area contributed by atoms with E-state index in [4.69, 9.17) is 16.3 Å². The third-order valence-corrected chi connectivity index (χ3v) is 7.30. The second kappa shape index (κ2) is 8.41. The number of carbonyl (C=O) groups excluding carboxylic acids is 2. The number of nitrogens with one attached hydrogen (secondary N) is 2. The molecule has 3 fully saturated rings. The van der Waals surface area contributed by atoms with Gasteiger partial charge in [0, 0.05) is 30.8 Å². The molecule has 1 aromatic rings. The van der Waals surface area contributed by atoms with Crippen molar-refractivity contribution in [3.05, 3.63) is 23.2 Å². The number of halogens is 4. The number of benzene rings is 1. The number of ether oxygens (including phenoxy) is 1. The summed E-state index contributed by atoms with van der Waals surface area (Å²) in [5, 5.41) is 5.57. The van der Waals surface area contributed by atoms with Crippen LogP contribution in [-0.2, 0) is 9.59 Å². The highest BCUT2D eigenvalue weighted by atomic mass is 35.5. The second-order valence-corrected chi connectivity index (χ2v) is 9.79. The van der Waals surface area contributed by atoms with Crippen LogP contribution < -0.4 is 15.4 Å². The Hall–Kier alpha value is -2.00. The minimum atomic E-state index is -4.39. The first-order valence-corrected chi connectivity index (χ1v) is 11.2. The molecule has 0 atom stereocenters. The molecule has 32 heavy (non-hydrogen) atoms. The summed E-state index contributed by atoms with van der Waals surface area (Å²) < 4.78 is 44.2. The van der Waals surface area contributed by atoms with Gasteiger partial charge in [0.1, 0.15) is 11.3 Å². The zero-order chi connectivity index (χ0) is 23.1. The lowest BCUT2D eigenvalue weighted by molar-refractivity contribution is -0.171. The van der Waals surface area contributed by atoms with E-state index in [-0.39, 0.29) is 36.6 Å². The fraction of sp³-hybridized carbons (Fsp3) is 0.636. The van der Waals surface area contributed by atoms with Crippen molar-refractivity contribution in [3.8, 4) is 5.75 Å². The highest BCUT2D eigenvalue weighted by Crippen LogP contribution is 2.49. The number of carbonyl (C=O) groups is 2. The number of hydrogen-bond donors (Lipinski definition) is 2. The van der Waals surface area contributed by atoms with Crippen LogP contribution in [0.25, 0.3) is 0 Å². The van der Waals surface area contributed by atoms with Crippen LogP contribution >= 0.6 is 11.6 Å². The van der Waals surface area contributed by atoms with Crippen LogP contribution in [0, 0.1) is 11.3 Å². The van der Waals surface area contributed by atoms with Crippen LogP contribution in [0.5, 0.6) is 5.75 Å². The molecule has 2 amide bonds. The fourth-order valence-electron chi connectivity index (χ4n) is 4.92. The molecular formula is C22H27ClF3N3O3. The highest BCUT2D eigenvalue weighted by molar-refractivity contribution is 6.32. The van der Waals surface area contributed by atoms with E-state index in [0.29, 0.717) is 29.5 Å². The largest absolute Gasteiger partial charge is 0.495 e. The Balaban J connectivity index is 1.21. The zero-order valence-corrected chi connectivity index (χ0v) is 18.6. The molecule has 2 saturated carbocycles. The van der Waals surface area contributed by atoms with Gasteiger partial charge in [-0.2, -0.15) is 13.2 Å². The standard InChI is InChI=1S/C22H27ClF3N3O3/c1-32-17-10-15(2-3-16(17)23)27-19(31)14-4-6-20(7-5-14)12-29(13-20)11-18(30)28-21(8-9-21)22(24,25)26/h2-3,10,14H,4-9,11-13H2,1H3,(H,27,31)(H,28,30). The van der Waals surface area contributed by atoms with Crippen LogP contribution in [0.3, 0.4) is 0 Å². The Morgan fingerprint density at radius 1 is 1.19 bits per heavy atom. The maximum Gasteiger partial charge on any atom is 0.411 e. The van der Waals surface area contributed by atoms with Crippen molar-refractivity contribution in [3.63, 3.8) is 0 Å². The molecule has 10 heteroatoms. The average molecular weight is 474 g/mol. The molecule has 1 spiro atoms. The molecular weight excluding hydrogens is 447 g/mol. The fourth-order valence-corrected chi connectivity index (χ4v) is 5.11. The summed E-state index contributed by atoms with van der Waals surface area (Å²) in [6.07, 6.45) is -1.27. The van der Waals surface area contributed by atoms with E-state index in [1.807, 2.05) is 4.90 Å². The quantitative estimate of drug-likeness (QED) is 0.655. The van der Waals surface area contributed by atoms with E-state index < -0.39 is 17.6 Å². The summed E-state index contributed by atoms with van der Waals surface area (Å²) in [4.78, 5) is 26.6. The van der Waals surface area contributed by atoms with Crippen molar-refractivity contribution < 1.29 is 27.5 Å². The van der Waals surface area contributed by atoms with Crippen LogP contribution in [0.1, 0.15) is 38.5 Å². The van der Waals surface area contributed by atoms with Gasteiger partial charge in [-0.15, -0.1) is 0 Å². The Labute approximate surface area is 189 Å². The molecule has 1 aliphatic heterocycles. The minimum absolute atomic E-state index is 0.0120. The van der Waals surface area contributed by atoms with E-state index >= 15 is 0 Å². The Morgan fingerprint density at radius 2 is 1.84 bits per heavy atom. The third kappa shape index (κ3) is 4.69. The summed E-state index contributed by atoms with van der Waals surface area (Å²) in [6, 6.07) is 5.08. The Morgan fingerprint density at radius 3 is 2.41 bits per heavy atom. The molecule has 0 unspecified atom stereocenters. The van der Waals surface area contributed by atoms with Crippen molar-refractivity contribution in [2.75, 3.05) is 32.1 Å². The number of nitrogens with zero attached hydrogens (tertiary/aromatic N) is 1. The molecule has 2 N–H and O–H groups in total. The lowest BCUT2D eigenvalue weighted by atomic mass is 9.65. The monoisotopic (exact) mass is 473 g/mol. The Bertz CT molecular complexity index is 888. The predicted molar refractivity (Wildman–Crippen MR) is 114 cm³/mol. The maximum atomic E-state index is 13.0. The van der Waals surface area contributed by atoms with Gasteiger partial charge in [0.05, 0.1) is 18.7 Å². The Kier molecular flexibility index (Phi) is 6.09. The number of likely N-dealkylation sites (tertiary alicyclic amines) is 1. The van der Waals surface area contributed by atoms with E-state index in [1.54, 1.807) is 18.2 Å². The van der Waals surface area contributed by atoms with Crippen molar-refractivity contribution >= 4 is 29.1 Å². The first kappa shape index (κ1) is 23.2. The molecule has 2 aliphatic carbocycles. The van der Waals surface area contributed by atoms with Gasteiger partial charge in [0.25, 0.3) is 0 Å². The second-order valence-electron chi connectivity index (χ2n) is 9.39. The molecule has 6 nitrogen and oxygen atoms in total. The summed E-state index contributed by atoms with van der Waals surface area (Å²) in [7, 11) is 1.51. The normalized spacial score (nSPS) is 22.2. The van der Waals surface area contributed by atoms with Crippen molar-refractivity contribution in [1.82, 2.24) is 10.2 Å². The molecule has 1 aromatic carbocycles. The molecule has 3 aliphatic rings. The van der Waals surface area contributed by atoms with Crippen molar-refractivity contribution in [2.24, 2.45) is 11.3 Å². The topological polar surface area (TPSA) is 70.7 Å². The van der Waals surface area contributed by atoms with E-state index in [0.717, 1.165) is 25.7 Å². The molecule has 1 saturated heterocycles. The van der Waals surface area contributed by atoms with Gasteiger partial charge in [-0.05, 0) is 56.1 Å². The summed E-state index contributed by atoms with van der Waals surface area (Å²) in [5.74, 6) is -0.211. The highest BCUT2D eigenvalue weighted by Gasteiger charge is 2.64. The number of hydrogen-bond acceptors (Lipinski definition) is 4. The van der Waals surface area contributed by atoms with Gasteiger partial charge < -0.3 is 15.4 Å². The molecule has 0 aromatic heterocycles. The minimum Gasteiger partial charge on any atom is -0.495 e. The SMILES string of the molecule is COc1cc(NC(=O)C2CCC3(CC2)CN(CC(=O)NC2(C(F)(F)F)CC2)C3)ccc1Cl. The number of methoxy groups -OCH3 is 1. The smallest absolute Gasteiger partial charge is 0.411 e. The van der Waals surface area contributed by atoms with E-state index in [2.05, 4.69) is 10.6 Å². The summed E-state index contributed by atoms with van der Waals surface area (Å²) in [5.41, 5.74) is -1.32. The molecule has 176 valence electrons. The van der Waals surface area contributed by atoms with Crippen LogP contribution in [0.2, 0.25) is 5.02 Å². The lowest BCUT2D eigenvalue weighted by Gasteiger charge is -2.53. The van der Waals surface area contributed by atoms with Gasteiger partial charge in [-0.25, -0.2) is 0 Å². The molecule has 1 heterocycles. The van der Waals surface area contributed by atoms with Gasteiger partial charge in [-0.1, -0.05) is 11.6 Å². The first-order valence-electron chi connectivity index (χ1n) is 10.8. The van der Waals surface area contributed by atoms with E-state index in [9.17, 15) is 22.8 Å². The molecule has 4 rings (SSSR count). The van der Waals surface area contributed by atoms with Gasteiger partial charge >= 0.3 is 6.18 Å². The number of rotatable bonds is 6. The van der Waals surface area contributed by atoms with Crippen molar-refractivity contribution in [2.45, 2.75) is 50.2 Å². The van der Waals surface area contributed by atoms with E-state index in [1.165, 1.54) is 7.11 Å². The van der Waals surface area contributed by atoms with Gasteiger partial charge in [0.15, 0.2) is 0 Å². The van der Waals surface area contributed by atoms with Gasteiger partial charge in [0.2, 0.25) is 11.8 Å². The molecule has 0 bridgehead atoms. The van der Waals surface area contributed by atoms with Crippen LogP contribution in [0.15, 0.2) is 18.2 Å². The maximum absolute atomic E-state index is 13.0. The number of amides is 2. The number of alkyl halides is 3. The van der Waals surface area contributed by atoms with Crippen LogP contribution in [-0.4, -0.2) is 55.2 Å². The van der Waals surface area contributed by atoms with Crippen LogP contribution in [0.4, 0.5) is 18.9 Å². The average Bonchev–Trinajstić information content (AvgIpc) is 3.49. The number of anilines is 1. The van der Waals surface area contributed by atoms with Gasteiger partial charge in [-0.3, -0.25) is 14.5 Å². The third-order valence-electron chi connectivity index (χ3n) is 6.99. The predicted octanol–water partition coefficient (Wildman–Crippen LogP) is 3.99. The summed E-state index contributed by atoms with van der Waals surface area (Å²) in [6.45, 7) is 1.35. The zero-order valence-electron chi connectivity index (χ0n) is 17.9.